The van der Waals surface area contributed by atoms with Gasteiger partial charge in [0, 0.05) is 0 Å². The predicted molar refractivity (Wildman–Crippen MR) is 135 cm³/mol. The van der Waals surface area contributed by atoms with Gasteiger partial charge in [-0.1, -0.05) is 48.5 Å². The van der Waals surface area contributed by atoms with Crippen molar-refractivity contribution in [1.29, 1.82) is 0 Å². The summed E-state index contributed by atoms with van der Waals surface area (Å²) < 4.78 is 6.40. The highest BCUT2D eigenvalue weighted by Gasteiger charge is 2.27. The summed E-state index contributed by atoms with van der Waals surface area (Å²) in [5.74, 6) is 6.59. The largest absolute Gasteiger partial charge is 0.496 e. The molecule has 4 N–H and O–H groups in total. The van der Waals surface area contributed by atoms with Crippen molar-refractivity contribution in [2.24, 2.45) is 5.90 Å². The minimum Gasteiger partial charge on any atom is -0.496 e. The summed E-state index contributed by atoms with van der Waals surface area (Å²) >= 11 is 1.53. The minimum absolute atomic E-state index is 0.332. The monoisotopic (exact) mass is 470 g/mol. The number of hydrogen-bond donors (Lipinski definition) is 3. The van der Waals surface area contributed by atoms with Crippen LogP contribution in [0.3, 0.4) is 0 Å². The van der Waals surface area contributed by atoms with Gasteiger partial charge in [0.15, 0.2) is 0 Å². The second-order valence-electron chi connectivity index (χ2n) is 7.65. The lowest BCUT2D eigenvalue weighted by Gasteiger charge is -2.10. The first-order valence-corrected chi connectivity index (χ1v) is 11.4. The molecule has 2 aromatic heterocycles. The van der Waals surface area contributed by atoms with Gasteiger partial charge in [0.25, 0.3) is 5.91 Å². The average molecular weight is 471 g/mol. The molecule has 8 heteroatoms. The van der Waals surface area contributed by atoms with Crippen LogP contribution in [0.5, 0.6) is 11.6 Å². The summed E-state index contributed by atoms with van der Waals surface area (Å²) in [6.45, 7) is 2.01. The number of nitrogens with two attached hydrogens (primary N) is 1. The number of carbonyl (C=O) groups excluding carboxylic acids is 1. The highest BCUT2D eigenvalue weighted by Crippen LogP contribution is 2.47. The van der Waals surface area contributed by atoms with E-state index in [4.69, 9.17) is 20.5 Å². The maximum atomic E-state index is 13.3. The first-order valence-electron chi connectivity index (χ1n) is 10.6. The lowest BCUT2D eigenvalue weighted by molar-refractivity contribution is 0.102. The number of hydrogen-bond acceptors (Lipinski definition) is 6. The Hall–Kier alpha value is -4.14. The Kier molecular flexibility index (Phi) is 5.75. The molecule has 0 aliphatic rings. The summed E-state index contributed by atoms with van der Waals surface area (Å²) in [5, 5.41) is 3.72. The number of benzene rings is 3. The quantitative estimate of drug-likeness (QED) is 0.273. The average Bonchev–Trinajstić information content (AvgIpc) is 3.45. The lowest BCUT2D eigenvalue weighted by atomic mass is 9.99. The van der Waals surface area contributed by atoms with Crippen molar-refractivity contribution in [1.82, 2.24) is 9.97 Å². The third-order valence-corrected chi connectivity index (χ3v) is 6.65. The fourth-order valence-electron chi connectivity index (χ4n) is 3.98. The molecule has 0 saturated carbocycles. The van der Waals surface area contributed by atoms with Crippen molar-refractivity contribution in [2.75, 3.05) is 12.4 Å². The number of thiazole rings is 1. The summed E-state index contributed by atoms with van der Waals surface area (Å²) in [6, 6.07) is 22.9. The molecule has 7 nitrogen and oxygen atoms in total. The van der Waals surface area contributed by atoms with E-state index in [1.807, 2.05) is 61.5 Å². The lowest BCUT2D eigenvalue weighted by Crippen LogP contribution is -2.14. The van der Waals surface area contributed by atoms with Gasteiger partial charge in [-0.15, -0.1) is 11.3 Å². The number of nitrogens with zero attached hydrogens (tertiary/aromatic N) is 1. The van der Waals surface area contributed by atoms with E-state index < -0.39 is 0 Å². The zero-order valence-corrected chi connectivity index (χ0v) is 19.4. The van der Waals surface area contributed by atoms with Gasteiger partial charge in [0.05, 0.1) is 34.0 Å². The maximum absolute atomic E-state index is 13.3. The third-order valence-electron chi connectivity index (χ3n) is 5.60. The Morgan fingerprint density at radius 1 is 1.00 bits per heavy atom. The summed E-state index contributed by atoms with van der Waals surface area (Å²) in [5.41, 5.74) is 4.67. The normalized spacial score (nSPS) is 10.9. The van der Waals surface area contributed by atoms with Crippen LogP contribution in [-0.4, -0.2) is 23.0 Å². The number of nitrogens with one attached hydrogen (secondary N) is 2. The molecular formula is C26H22N4O3S. The number of H-pyrrole nitrogens is 1. The maximum Gasteiger partial charge on any atom is 0.260 e. The number of aromatic nitrogens is 2. The Bertz CT molecular complexity index is 1470. The topological polar surface area (TPSA) is 102 Å². The van der Waals surface area contributed by atoms with Crippen molar-refractivity contribution >= 4 is 33.3 Å². The van der Waals surface area contributed by atoms with Gasteiger partial charge < -0.3 is 19.9 Å². The molecule has 0 radical (unpaired) electrons. The number of aryl methyl sites for hydroxylation is 1. The molecule has 5 rings (SSSR count). The first-order chi connectivity index (χ1) is 16.6. The number of amides is 1. The van der Waals surface area contributed by atoms with E-state index in [0.29, 0.717) is 28.6 Å². The molecule has 170 valence electrons. The van der Waals surface area contributed by atoms with Crippen LogP contribution in [-0.2, 0) is 0 Å². The number of carbonyl (C=O) groups is 1. The van der Waals surface area contributed by atoms with Crippen LogP contribution >= 0.6 is 11.3 Å². The molecule has 0 aliphatic heterocycles. The fraction of sp³-hybridized carbons (Fsp3) is 0.0769. The molecule has 0 fully saturated rings. The first kappa shape index (κ1) is 21.7. The van der Waals surface area contributed by atoms with Crippen LogP contribution in [0.1, 0.15) is 15.9 Å². The van der Waals surface area contributed by atoms with Crippen LogP contribution in [0.2, 0.25) is 0 Å². The minimum atomic E-state index is -0.332. The van der Waals surface area contributed by atoms with Crippen LogP contribution < -0.4 is 20.8 Å². The summed E-state index contributed by atoms with van der Waals surface area (Å²) in [4.78, 5) is 26.5. The van der Waals surface area contributed by atoms with Crippen molar-refractivity contribution in [2.45, 2.75) is 6.92 Å². The Morgan fingerprint density at radius 3 is 2.50 bits per heavy atom. The molecule has 0 bridgehead atoms. The molecule has 0 atom stereocenters. The SMILES string of the molecule is COc1ccccc1C(=O)Nc1[nH]c(ON)c(-c2ccccc2C)c1-c1nc2ccccc2s1. The van der Waals surface area contributed by atoms with Gasteiger partial charge in [0.1, 0.15) is 16.6 Å². The van der Waals surface area contributed by atoms with Crippen molar-refractivity contribution in [3.63, 3.8) is 0 Å². The summed E-state index contributed by atoms with van der Waals surface area (Å²) in [7, 11) is 1.53. The van der Waals surface area contributed by atoms with Gasteiger partial charge in [-0.25, -0.2) is 4.98 Å². The third kappa shape index (κ3) is 3.79. The van der Waals surface area contributed by atoms with E-state index in [-0.39, 0.29) is 5.91 Å². The smallest absolute Gasteiger partial charge is 0.260 e. The Labute approximate surface area is 200 Å². The highest BCUT2D eigenvalue weighted by atomic mass is 32.1. The van der Waals surface area contributed by atoms with Gasteiger partial charge in [-0.05, 0) is 42.3 Å². The Balaban J connectivity index is 1.72. The number of rotatable bonds is 6. The molecule has 0 spiro atoms. The number of fused-ring (bicyclic) bond motifs is 1. The molecule has 2 heterocycles. The number of methoxy groups -OCH3 is 1. The molecular weight excluding hydrogens is 448 g/mol. The van der Waals surface area contributed by atoms with Crippen molar-refractivity contribution in [3.8, 4) is 33.3 Å². The van der Waals surface area contributed by atoms with Crippen LogP contribution in [0.25, 0.3) is 31.9 Å². The molecule has 0 unspecified atom stereocenters. The van der Waals surface area contributed by atoms with Crippen molar-refractivity contribution in [3.05, 3.63) is 83.9 Å². The van der Waals surface area contributed by atoms with Crippen molar-refractivity contribution < 1.29 is 14.4 Å². The van der Waals surface area contributed by atoms with Crippen LogP contribution in [0, 0.1) is 6.92 Å². The Morgan fingerprint density at radius 2 is 1.74 bits per heavy atom. The van der Waals surface area contributed by atoms with E-state index in [0.717, 1.165) is 31.9 Å². The van der Waals surface area contributed by atoms with Gasteiger partial charge in [-0.3, -0.25) is 4.79 Å². The predicted octanol–water partition coefficient (Wildman–Crippen LogP) is 5.78. The highest BCUT2D eigenvalue weighted by molar-refractivity contribution is 7.21. The van der Waals surface area contributed by atoms with E-state index in [9.17, 15) is 4.79 Å². The fourth-order valence-corrected chi connectivity index (χ4v) is 5.00. The number of para-hydroxylation sites is 2. The molecule has 0 saturated heterocycles. The number of anilines is 1. The number of ether oxygens (including phenoxy) is 1. The second kappa shape index (κ2) is 9.01. The van der Waals surface area contributed by atoms with Crippen LogP contribution in [0.4, 0.5) is 5.82 Å². The van der Waals surface area contributed by atoms with Gasteiger partial charge in [0.2, 0.25) is 5.88 Å². The van der Waals surface area contributed by atoms with Gasteiger partial charge in [-0.2, -0.15) is 5.90 Å². The zero-order chi connectivity index (χ0) is 23.7. The van der Waals surface area contributed by atoms with E-state index >= 15 is 0 Å². The standard InChI is InChI=1S/C26H22N4O3S/c1-15-9-3-4-10-16(15)21-22(26-28-18-12-6-8-14-20(18)34-26)23(30-25(21)33-27)29-24(31)17-11-5-7-13-19(17)32-2/h3-14,30H,27H2,1-2H3,(H,29,31). The zero-order valence-electron chi connectivity index (χ0n) is 18.6. The van der Waals surface area contributed by atoms with Gasteiger partial charge >= 0.3 is 0 Å². The summed E-state index contributed by atoms with van der Waals surface area (Å²) in [6.07, 6.45) is 0. The van der Waals surface area contributed by atoms with E-state index in [2.05, 4.69) is 10.3 Å². The van der Waals surface area contributed by atoms with E-state index in [1.54, 1.807) is 18.2 Å². The second-order valence-corrected chi connectivity index (χ2v) is 8.68. The molecule has 1 amide bonds. The molecule has 34 heavy (non-hydrogen) atoms. The molecule has 5 aromatic rings. The number of aromatic amines is 1. The molecule has 0 aliphatic carbocycles. The van der Waals surface area contributed by atoms with Crippen LogP contribution in [0.15, 0.2) is 72.8 Å². The molecule has 3 aromatic carbocycles. The van der Waals surface area contributed by atoms with E-state index in [1.165, 1.54) is 18.4 Å².